The zero-order valence-electron chi connectivity index (χ0n) is 18.8. The molecule has 0 aliphatic heterocycles. The lowest BCUT2D eigenvalue weighted by Crippen LogP contribution is -2.03. The summed E-state index contributed by atoms with van der Waals surface area (Å²) in [5.41, 5.74) is 11.0. The highest BCUT2D eigenvalue weighted by Crippen LogP contribution is 2.47. The number of benzene rings is 3. The standard InChI is InChI=1S/C30H31F/c1-5-21-14-19(3)29(20(4)15-21)25-12-13-28(31)30-24(10-11-26(25)30)17-22-6-8-23(9-7-22)27-16-18(27)2/h5-9,12-15,18,24,27H,1,10-11,16-17H2,2-4H3. The molecule has 0 aromatic heterocycles. The van der Waals surface area contributed by atoms with Crippen LogP contribution >= 0.6 is 0 Å². The summed E-state index contributed by atoms with van der Waals surface area (Å²) >= 11 is 0. The van der Waals surface area contributed by atoms with E-state index >= 15 is 4.39 Å². The zero-order chi connectivity index (χ0) is 21.7. The van der Waals surface area contributed by atoms with Gasteiger partial charge in [0.2, 0.25) is 0 Å². The Morgan fingerprint density at radius 2 is 1.71 bits per heavy atom. The molecule has 0 amide bonds. The molecule has 1 saturated carbocycles. The summed E-state index contributed by atoms with van der Waals surface area (Å²) in [6.45, 7) is 10.5. The number of fused-ring (bicyclic) bond motifs is 1. The van der Waals surface area contributed by atoms with E-state index in [4.69, 9.17) is 0 Å². The third-order valence-electron chi connectivity index (χ3n) is 7.51. The van der Waals surface area contributed by atoms with Crippen LogP contribution in [0.4, 0.5) is 4.39 Å². The molecule has 5 rings (SSSR count). The molecule has 1 fully saturated rings. The van der Waals surface area contributed by atoms with Gasteiger partial charge in [-0.3, -0.25) is 0 Å². The van der Waals surface area contributed by atoms with Crippen LogP contribution in [0.1, 0.15) is 70.5 Å². The van der Waals surface area contributed by atoms with Crippen molar-refractivity contribution in [2.75, 3.05) is 0 Å². The van der Waals surface area contributed by atoms with E-state index in [2.05, 4.69) is 63.7 Å². The minimum Gasteiger partial charge on any atom is -0.207 e. The van der Waals surface area contributed by atoms with Gasteiger partial charge in [0, 0.05) is 0 Å². The van der Waals surface area contributed by atoms with E-state index in [9.17, 15) is 0 Å². The van der Waals surface area contributed by atoms with E-state index < -0.39 is 0 Å². The van der Waals surface area contributed by atoms with E-state index in [-0.39, 0.29) is 11.7 Å². The number of rotatable bonds is 5. The number of halogens is 1. The van der Waals surface area contributed by atoms with Crippen molar-refractivity contribution in [3.8, 4) is 11.1 Å². The predicted molar refractivity (Wildman–Crippen MR) is 129 cm³/mol. The van der Waals surface area contributed by atoms with Crippen LogP contribution in [-0.2, 0) is 12.8 Å². The molecule has 2 aliphatic rings. The molecule has 0 nitrogen and oxygen atoms in total. The second-order valence-electron chi connectivity index (χ2n) is 9.72. The van der Waals surface area contributed by atoms with Gasteiger partial charge in [0.15, 0.2) is 0 Å². The van der Waals surface area contributed by atoms with Crippen LogP contribution in [0.25, 0.3) is 17.2 Å². The molecule has 3 aromatic carbocycles. The highest BCUT2D eigenvalue weighted by atomic mass is 19.1. The average Bonchev–Trinajstić information content (AvgIpc) is 3.33. The average molecular weight is 411 g/mol. The first-order valence-electron chi connectivity index (χ1n) is 11.6. The van der Waals surface area contributed by atoms with Crippen molar-refractivity contribution in [1.29, 1.82) is 0 Å². The van der Waals surface area contributed by atoms with Crippen LogP contribution < -0.4 is 0 Å². The van der Waals surface area contributed by atoms with E-state index in [1.54, 1.807) is 6.07 Å². The van der Waals surface area contributed by atoms with E-state index in [0.29, 0.717) is 0 Å². The van der Waals surface area contributed by atoms with E-state index in [1.165, 1.54) is 45.4 Å². The van der Waals surface area contributed by atoms with Gasteiger partial charge in [-0.05, 0) is 113 Å². The maximum absolute atomic E-state index is 15.1. The molecule has 31 heavy (non-hydrogen) atoms. The summed E-state index contributed by atoms with van der Waals surface area (Å²) in [6, 6.07) is 17.2. The number of hydrogen-bond acceptors (Lipinski definition) is 0. The summed E-state index contributed by atoms with van der Waals surface area (Å²) < 4.78 is 15.1. The van der Waals surface area contributed by atoms with Gasteiger partial charge in [-0.15, -0.1) is 0 Å². The van der Waals surface area contributed by atoms with Gasteiger partial charge < -0.3 is 0 Å². The van der Waals surface area contributed by atoms with Crippen LogP contribution in [0.3, 0.4) is 0 Å². The molecule has 0 saturated heterocycles. The lowest BCUT2D eigenvalue weighted by Gasteiger charge is -2.18. The van der Waals surface area contributed by atoms with Crippen LogP contribution in [-0.4, -0.2) is 0 Å². The van der Waals surface area contributed by atoms with Crippen molar-refractivity contribution in [2.24, 2.45) is 5.92 Å². The Hall–Kier alpha value is -2.67. The topological polar surface area (TPSA) is 0 Å². The lowest BCUT2D eigenvalue weighted by atomic mass is 9.87. The van der Waals surface area contributed by atoms with Gasteiger partial charge in [0.25, 0.3) is 0 Å². The fourth-order valence-electron chi connectivity index (χ4n) is 5.76. The fourth-order valence-corrected chi connectivity index (χ4v) is 5.76. The zero-order valence-corrected chi connectivity index (χ0v) is 18.8. The van der Waals surface area contributed by atoms with E-state index in [1.807, 2.05) is 12.1 Å². The first-order valence-corrected chi connectivity index (χ1v) is 11.6. The van der Waals surface area contributed by atoms with Gasteiger partial charge in [-0.1, -0.05) is 62.0 Å². The molecule has 3 atom stereocenters. The maximum atomic E-state index is 15.1. The smallest absolute Gasteiger partial charge is 0.127 e. The highest BCUT2D eigenvalue weighted by molar-refractivity contribution is 5.77. The predicted octanol–water partition coefficient (Wildman–Crippen LogP) is 8.15. The van der Waals surface area contributed by atoms with Crippen molar-refractivity contribution < 1.29 is 4.39 Å². The van der Waals surface area contributed by atoms with Crippen molar-refractivity contribution in [3.63, 3.8) is 0 Å². The third-order valence-corrected chi connectivity index (χ3v) is 7.51. The minimum atomic E-state index is -0.0392. The molecule has 0 N–H and O–H groups in total. The normalized spacial score (nSPS) is 21.7. The molecule has 0 bridgehead atoms. The van der Waals surface area contributed by atoms with Gasteiger partial charge in [-0.25, -0.2) is 4.39 Å². The molecule has 0 spiro atoms. The first-order chi connectivity index (χ1) is 15.0. The molecular weight excluding hydrogens is 379 g/mol. The van der Waals surface area contributed by atoms with Crippen LogP contribution in [0, 0.1) is 25.6 Å². The van der Waals surface area contributed by atoms with E-state index in [0.717, 1.165) is 42.2 Å². The Bertz CT molecular complexity index is 1130. The molecule has 3 unspecified atom stereocenters. The summed E-state index contributed by atoms with van der Waals surface area (Å²) in [4.78, 5) is 0. The van der Waals surface area contributed by atoms with Crippen LogP contribution in [0.5, 0.6) is 0 Å². The van der Waals surface area contributed by atoms with Crippen LogP contribution in [0.2, 0.25) is 0 Å². The second kappa shape index (κ2) is 7.79. The highest BCUT2D eigenvalue weighted by Gasteiger charge is 2.34. The lowest BCUT2D eigenvalue weighted by molar-refractivity contribution is 0.580. The van der Waals surface area contributed by atoms with Gasteiger partial charge in [-0.2, -0.15) is 0 Å². The van der Waals surface area contributed by atoms with Gasteiger partial charge >= 0.3 is 0 Å². The third kappa shape index (κ3) is 3.65. The second-order valence-corrected chi connectivity index (χ2v) is 9.72. The summed E-state index contributed by atoms with van der Waals surface area (Å²) in [5, 5.41) is 0. The van der Waals surface area contributed by atoms with Crippen molar-refractivity contribution in [1.82, 2.24) is 0 Å². The Labute approximate surface area is 185 Å². The van der Waals surface area contributed by atoms with Gasteiger partial charge in [0.1, 0.15) is 5.82 Å². The quantitative estimate of drug-likeness (QED) is 0.398. The molecular formula is C30H31F. The largest absolute Gasteiger partial charge is 0.207 e. The maximum Gasteiger partial charge on any atom is 0.127 e. The Morgan fingerprint density at radius 1 is 1.03 bits per heavy atom. The summed E-state index contributed by atoms with van der Waals surface area (Å²) in [7, 11) is 0. The molecule has 0 radical (unpaired) electrons. The Balaban J connectivity index is 1.47. The number of hydrogen-bond donors (Lipinski definition) is 0. The summed E-state index contributed by atoms with van der Waals surface area (Å²) in [5.74, 6) is 1.80. The van der Waals surface area contributed by atoms with Crippen molar-refractivity contribution in [3.05, 3.63) is 99.9 Å². The Kier molecular flexibility index (Phi) is 5.08. The molecule has 0 heterocycles. The fraction of sp³-hybridized carbons (Fsp3) is 0.333. The molecule has 1 heteroatoms. The number of aryl methyl sites for hydroxylation is 2. The SMILES string of the molecule is C=Cc1cc(C)c(-c2ccc(F)c3c2CCC3Cc2ccc(C3CC3C)cc2)c(C)c1. The molecule has 158 valence electrons. The molecule has 3 aromatic rings. The summed E-state index contributed by atoms with van der Waals surface area (Å²) in [6.07, 6.45) is 6.10. The van der Waals surface area contributed by atoms with Crippen molar-refractivity contribution in [2.45, 2.75) is 58.3 Å². The monoisotopic (exact) mass is 410 g/mol. The minimum absolute atomic E-state index is 0.0392. The first kappa shape index (κ1) is 20.2. The van der Waals surface area contributed by atoms with Crippen LogP contribution in [0.15, 0.2) is 55.1 Å². The van der Waals surface area contributed by atoms with Gasteiger partial charge in [0.05, 0.1) is 0 Å². The Morgan fingerprint density at radius 3 is 2.32 bits per heavy atom. The molecule has 2 aliphatic carbocycles. The van der Waals surface area contributed by atoms with Crippen molar-refractivity contribution >= 4 is 6.08 Å².